The lowest BCUT2D eigenvalue weighted by Gasteiger charge is -2.15. The molecule has 1 aliphatic rings. The third kappa shape index (κ3) is 4.26. The van der Waals surface area contributed by atoms with E-state index in [0.717, 1.165) is 41.0 Å². The van der Waals surface area contributed by atoms with Gasteiger partial charge in [-0.05, 0) is 30.4 Å². The molecule has 1 saturated heterocycles. The van der Waals surface area contributed by atoms with Crippen molar-refractivity contribution in [1.29, 1.82) is 0 Å². The Bertz CT molecular complexity index is 1150. The Morgan fingerprint density at radius 1 is 1.13 bits per heavy atom. The fourth-order valence-corrected chi connectivity index (χ4v) is 3.57. The second-order valence-corrected chi connectivity index (χ2v) is 7.44. The molecule has 11 nitrogen and oxygen atoms in total. The van der Waals surface area contributed by atoms with E-state index in [1.54, 1.807) is 0 Å². The number of aromatic hydroxyl groups is 1. The molecule has 0 aliphatic carbocycles. The predicted molar refractivity (Wildman–Crippen MR) is 110 cm³/mol. The smallest absolute Gasteiger partial charge is 0.285 e. The van der Waals surface area contributed by atoms with Crippen molar-refractivity contribution in [2.45, 2.75) is 0 Å². The van der Waals surface area contributed by atoms with E-state index in [9.17, 15) is 34.9 Å². The number of carbonyl (C=O) groups excluding carboxylic acids is 2. The van der Waals surface area contributed by atoms with Gasteiger partial charge in [0, 0.05) is 35.4 Å². The van der Waals surface area contributed by atoms with Gasteiger partial charge in [-0.25, -0.2) is 0 Å². The van der Waals surface area contributed by atoms with Gasteiger partial charge in [0.15, 0.2) is 4.32 Å². The minimum absolute atomic E-state index is 0.00939. The number of carbonyl (C=O) groups is 2. The highest BCUT2D eigenvalue weighted by molar-refractivity contribution is 8.26. The normalized spacial score (nSPS) is 14.8. The molecule has 0 aromatic heterocycles. The molecular formula is C17H10N4O7S2. The van der Waals surface area contributed by atoms with Gasteiger partial charge >= 0.3 is 0 Å². The molecule has 0 saturated carbocycles. The standard InChI is InChI=1S/C17H10N4O7S2/c22-13-5-4-12(21(27)28)7-10(13)8-14-16(24)19(17(29)30-14)18-15(23)9-2-1-3-11(6-9)20(25)26/h1-8,22H,(H,18,23)/b14-8+. The molecular weight excluding hydrogens is 436 g/mol. The van der Waals surface area contributed by atoms with Gasteiger partial charge in [0.2, 0.25) is 0 Å². The van der Waals surface area contributed by atoms with Crippen molar-refractivity contribution in [3.8, 4) is 5.75 Å². The average molecular weight is 446 g/mol. The van der Waals surface area contributed by atoms with Gasteiger partial charge in [-0.2, -0.15) is 5.01 Å². The molecule has 0 spiro atoms. The number of non-ortho nitro benzene ring substituents is 2. The number of thiocarbonyl (C=S) groups is 1. The van der Waals surface area contributed by atoms with Crippen LogP contribution in [0.4, 0.5) is 11.4 Å². The van der Waals surface area contributed by atoms with Crippen LogP contribution in [-0.4, -0.2) is 36.1 Å². The third-order valence-electron chi connectivity index (χ3n) is 3.83. The molecule has 13 heteroatoms. The zero-order chi connectivity index (χ0) is 22.0. The number of nitrogens with zero attached hydrogens (tertiary/aromatic N) is 3. The van der Waals surface area contributed by atoms with E-state index in [-0.39, 0.29) is 37.5 Å². The topological polar surface area (TPSA) is 156 Å². The summed E-state index contributed by atoms with van der Waals surface area (Å²) in [7, 11) is 0. The summed E-state index contributed by atoms with van der Waals surface area (Å²) >= 11 is 5.89. The fourth-order valence-electron chi connectivity index (χ4n) is 2.40. The summed E-state index contributed by atoms with van der Waals surface area (Å²) in [6.45, 7) is 0. The summed E-state index contributed by atoms with van der Waals surface area (Å²) in [4.78, 5) is 45.4. The molecule has 0 atom stereocenters. The van der Waals surface area contributed by atoms with Gasteiger partial charge in [0.05, 0.1) is 14.8 Å². The Balaban J connectivity index is 1.83. The lowest BCUT2D eigenvalue weighted by molar-refractivity contribution is -0.385. The first-order valence-electron chi connectivity index (χ1n) is 7.98. The molecule has 30 heavy (non-hydrogen) atoms. The molecule has 3 rings (SSSR count). The maximum atomic E-state index is 12.6. The largest absolute Gasteiger partial charge is 0.507 e. The van der Waals surface area contributed by atoms with E-state index in [1.807, 2.05) is 0 Å². The van der Waals surface area contributed by atoms with E-state index >= 15 is 0 Å². The number of nitrogens with one attached hydrogen (secondary N) is 1. The van der Waals surface area contributed by atoms with Crippen molar-refractivity contribution in [3.63, 3.8) is 0 Å². The van der Waals surface area contributed by atoms with E-state index in [0.29, 0.717) is 0 Å². The molecule has 2 amide bonds. The number of benzene rings is 2. The molecule has 0 radical (unpaired) electrons. The lowest BCUT2D eigenvalue weighted by Crippen LogP contribution is -2.44. The molecule has 1 fully saturated rings. The number of rotatable bonds is 5. The van der Waals surface area contributed by atoms with Gasteiger partial charge < -0.3 is 5.11 Å². The molecule has 0 unspecified atom stereocenters. The Morgan fingerprint density at radius 2 is 1.80 bits per heavy atom. The van der Waals surface area contributed by atoms with E-state index in [1.165, 1.54) is 24.3 Å². The van der Waals surface area contributed by atoms with Crippen molar-refractivity contribution < 1.29 is 24.5 Å². The number of hydrogen-bond acceptors (Lipinski definition) is 9. The maximum Gasteiger partial charge on any atom is 0.285 e. The Kier molecular flexibility index (Phi) is 5.75. The van der Waals surface area contributed by atoms with E-state index < -0.39 is 21.7 Å². The number of hydrazine groups is 1. The Hall–Kier alpha value is -3.84. The number of hydrogen-bond donors (Lipinski definition) is 2. The quantitative estimate of drug-likeness (QED) is 0.305. The van der Waals surface area contributed by atoms with Gasteiger partial charge in [0.1, 0.15) is 5.75 Å². The summed E-state index contributed by atoms with van der Waals surface area (Å²) in [6, 6.07) is 8.23. The van der Waals surface area contributed by atoms with Crippen LogP contribution in [0.3, 0.4) is 0 Å². The van der Waals surface area contributed by atoms with Gasteiger partial charge in [-0.3, -0.25) is 35.2 Å². The van der Waals surface area contributed by atoms with Crippen molar-refractivity contribution in [2.24, 2.45) is 0 Å². The van der Waals surface area contributed by atoms with Crippen molar-refractivity contribution in [3.05, 3.63) is 78.7 Å². The predicted octanol–water partition coefficient (Wildman–Crippen LogP) is 2.75. The minimum Gasteiger partial charge on any atom is -0.507 e. The highest BCUT2D eigenvalue weighted by Crippen LogP contribution is 2.34. The summed E-state index contributed by atoms with van der Waals surface area (Å²) in [5.74, 6) is -1.81. The van der Waals surface area contributed by atoms with Crippen molar-refractivity contribution >= 4 is 57.6 Å². The average Bonchev–Trinajstić information content (AvgIpc) is 2.96. The van der Waals surface area contributed by atoms with E-state index in [4.69, 9.17) is 12.2 Å². The highest BCUT2D eigenvalue weighted by atomic mass is 32.2. The Labute approximate surface area is 177 Å². The molecule has 2 aromatic carbocycles. The fraction of sp³-hybridized carbons (Fsp3) is 0. The number of thioether (sulfide) groups is 1. The molecule has 1 heterocycles. The summed E-state index contributed by atoms with van der Waals surface area (Å²) < 4.78 is -0.0325. The number of nitro groups is 2. The molecule has 2 N–H and O–H groups in total. The number of phenolic OH excluding ortho intramolecular Hbond substituents is 1. The first kappa shape index (κ1) is 20.9. The number of nitro benzene ring substituents is 2. The van der Waals surface area contributed by atoms with Crippen LogP contribution in [0, 0.1) is 20.2 Å². The lowest BCUT2D eigenvalue weighted by atomic mass is 10.1. The molecule has 0 bridgehead atoms. The van der Waals surface area contributed by atoms with Crippen LogP contribution < -0.4 is 5.43 Å². The van der Waals surface area contributed by atoms with Crippen molar-refractivity contribution in [1.82, 2.24) is 10.4 Å². The Morgan fingerprint density at radius 3 is 2.47 bits per heavy atom. The SMILES string of the molecule is O=C(NN1C(=O)/C(=C\c2cc([N+](=O)[O-])ccc2O)SC1=S)c1cccc([N+](=O)[O-])c1. The van der Waals surface area contributed by atoms with Gasteiger partial charge in [0.25, 0.3) is 23.2 Å². The zero-order valence-electron chi connectivity index (χ0n) is 14.7. The van der Waals surface area contributed by atoms with Crippen LogP contribution in [-0.2, 0) is 4.79 Å². The van der Waals surface area contributed by atoms with Crippen LogP contribution in [0.2, 0.25) is 0 Å². The van der Waals surface area contributed by atoms with Gasteiger partial charge in [-0.1, -0.05) is 17.8 Å². The van der Waals surface area contributed by atoms with Crippen LogP contribution >= 0.6 is 24.0 Å². The third-order valence-corrected chi connectivity index (χ3v) is 5.14. The second-order valence-electron chi connectivity index (χ2n) is 5.77. The van der Waals surface area contributed by atoms with Crippen LogP contribution in [0.25, 0.3) is 6.08 Å². The van der Waals surface area contributed by atoms with Crippen LogP contribution in [0.1, 0.15) is 15.9 Å². The van der Waals surface area contributed by atoms with Crippen molar-refractivity contribution in [2.75, 3.05) is 0 Å². The summed E-state index contributed by atoms with van der Waals surface area (Å²) in [5.41, 5.74) is 1.65. The maximum absolute atomic E-state index is 12.6. The first-order valence-corrected chi connectivity index (χ1v) is 9.20. The summed E-state index contributed by atoms with van der Waals surface area (Å²) in [6.07, 6.45) is 1.21. The van der Waals surface area contributed by atoms with E-state index in [2.05, 4.69) is 5.43 Å². The highest BCUT2D eigenvalue weighted by Gasteiger charge is 2.34. The van der Waals surface area contributed by atoms with Crippen LogP contribution in [0.5, 0.6) is 5.75 Å². The minimum atomic E-state index is -0.797. The second kappa shape index (κ2) is 8.26. The van der Waals surface area contributed by atoms with Crippen LogP contribution in [0.15, 0.2) is 47.4 Å². The zero-order valence-corrected chi connectivity index (χ0v) is 16.3. The monoisotopic (exact) mass is 446 g/mol. The first-order chi connectivity index (χ1) is 14.2. The van der Waals surface area contributed by atoms with Gasteiger partial charge in [-0.15, -0.1) is 0 Å². The summed E-state index contributed by atoms with van der Waals surface area (Å²) in [5, 5.41) is 32.4. The molecule has 2 aromatic rings. The number of phenols is 1. The molecule has 152 valence electrons. The number of amides is 2. The molecule has 1 aliphatic heterocycles.